The van der Waals surface area contributed by atoms with Gasteiger partial charge in [-0.25, -0.2) is 10.9 Å². The van der Waals surface area contributed by atoms with Crippen LogP contribution in [0.5, 0.6) is 23.0 Å². The summed E-state index contributed by atoms with van der Waals surface area (Å²) < 4.78 is 21.8. The van der Waals surface area contributed by atoms with Crippen LogP contribution in [0.1, 0.15) is 50.7 Å². The molecule has 0 N–H and O–H groups in total. The summed E-state index contributed by atoms with van der Waals surface area (Å²) in [5, 5.41) is 4.90. The van der Waals surface area contributed by atoms with Gasteiger partial charge in [-0.1, -0.05) is 99.2 Å². The van der Waals surface area contributed by atoms with E-state index in [1.165, 1.54) is 70.7 Å². The summed E-state index contributed by atoms with van der Waals surface area (Å²) in [6.07, 6.45) is 7.14. The molecule has 6 heteroatoms. The average molecular weight is 767 g/mol. The van der Waals surface area contributed by atoms with Crippen molar-refractivity contribution in [1.29, 1.82) is 0 Å². The van der Waals surface area contributed by atoms with E-state index < -0.39 is 13.4 Å². The van der Waals surface area contributed by atoms with Crippen molar-refractivity contribution in [2.45, 2.75) is 66.0 Å². The number of ether oxygens (including phenoxy) is 4. The maximum Gasteiger partial charge on any atom is 0.144 e. The summed E-state index contributed by atoms with van der Waals surface area (Å²) in [6, 6.07) is 52.3. The zero-order valence-corrected chi connectivity index (χ0v) is 35.7. The van der Waals surface area contributed by atoms with Gasteiger partial charge in [-0.05, 0) is 111 Å². The number of hydrogen-bond acceptors (Lipinski definition) is 4. The van der Waals surface area contributed by atoms with Gasteiger partial charge in [0, 0.05) is 0 Å². The Morgan fingerprint density at radius 3 is 0.839 bits per heavy atom. The van der Waals surface area contributed by atoms with Gasteiger partial charge in [0.25, 0.3) is 0 Å². The maximum absolute atomic E-state index is 5.45. The first-order valence-electron chi connectivity index (χ1n) is 20.1. The van der Waals surface area contributed by atoms with E-state index in [-0.39, 0.29) is 0 Å². The molecule has 0 amide bonds. The van der Waals surface area contributed by atoms with Crippen molar-refractivity contribution in [3.63, 3.8) is 0 Å². The fraction of sp³-hybridized carbons (Fsp3) is 0.280. The minimum absolute atomic E-state index is 0.640. The molecule has 0 saturated carbocycles. The third-order valence-corrected chi connectivity index (χ3v) is 15.7. The summed E-state index contributed by atoms with van der Waals surface area (Å²) in [6.45, 7) is 8.99. The molecule has 0 atom stereocenters. The van der Waals surface area contributed by atoms with Gasteiger partial charge in [0.05, 0.1) is 34.6 Å². The van der Waals surface area contributed by atoms with Crippen molar-refractivity contribution in [2.24, 2.45) is 0 Å². The largest absolute Gasteiger partial charge is 0.497 e. The number of methoxy groups -OCH3 is 4. The Balaban J connectivity index is 0.000000229. The molecular formula is C50H60BO4P. The quantitative estimate of drug-likeness (QED) is 0.0727. The van der Waals surface area contributed by atoms with Crippen molar-refractivity contribution in [2.75, 3.05) is 28.4 Å². The molecule has 0 fully saturated rings. The van der Waals surface area contributed by atoms with E-state index in [2.05, 4.69) is 125 Å². The Morgan fingerprint density at radius 2 is 0.625 bits per heavy atom. The highest BCUT2D eigenvalue weighted by Gasteiger charge is 2.48. The van der Waals surface area contributed by atoms with Crippen molar-refractivity contribution in [3.05, 3.63) is 157 Å². The summed E-state index contributed by atoms with van der Waals surface area (Å²) in [4.78, 5) is 0. The number of aryl methyl sites for hydroxylation is 2. The molecule has 0 aliphatic heterocycles. The molecule has 4 nitrogen and oxygen atoms in total. The van der Waals surface area contributed by atoms with Crippen LogP contribution in [-0.4, -0.2) is 34.6 Å². The molecule has 0 aliphatic carbocycles. The van der Waals surface area contributed by atoms with Gasteiger partial charge in [0.1, 0.15) is 51.5 Å². The summed E-state index contributed by atoms with van der Waals surface area (Å²) in [5.41, 5.74) is 5.82. The molecule has 0 heterocycles. The first-order valence-corrected chi connectivity index (χ1v) is 21.9. The Labute approximate surface area is 337 Å². The molecule has 0 radical (unpaired) electrons. The van der Waals surface area contributed by atoms with E-state index >= 15 is 0 Å². The average Bonchev–Trinajstić information content (AvgIpc) is 3.26. The van der Waals surface area contributed by atoms with E-state index in [0.29, 0.717) is 0 Å². The topological polar surface area (TPSA) is 36.9 Å². The minimum Gasteiger partial charge on any atom is -0.497 e. The fourth-order valence-electron chi connectivity index (χ4n) is 8.10. The summed E-state index contributed by atoms with van der Waals surface area (Å²) in [7, 11) is 4.50. The van der Waals surface area contributed by atoms with Crippen LogP contribution in [0.3, 0.4) is 0 Å². The molecule has 6 rings (SSSR count). The minimum atomic E-state index is -2.25. The zero-order chi connectivity index (χ0) is 40.0. The molecule has 0 unspecified atom stereocenters. The van der Waals surface area contributed by atoms with Crippen LogP contribution >= 0.6 is 7.26 Å². The standard InChI is InChI=1S/C28H28O4P.C22H32B/c1-29-21-5-13-25(14-6-21)33(26-15-7-22(30-2)8-16-26,27-17-9-23(31-3)10-18-27)28-19-11-24(32-4)12-20-28;1-5-7-17-23(18-8-6-2,21-13-9-19(3)10-14-21)22-15-11-20(4)12-16-22/h5-20H,1-4H3;9-16H,5-8,17-18H2,1-4H3/q+1;-1. The molecule has 292 valence electrons. The maximum atomic E-state index is 5.45. The normalized spacial score (nSPS) is 11.3. The van der Waals surface area contributed by atoms with E-state index in [1.54, 1.807) is 39.4 Å². The molecule has 6 aromatic rings. The van der Waals surface area contributed by atoms with Crippen molar-refractivity contribution >= 4 is 45.6 Å². The third-order valence-electron chi connectivity index (χ3n) is 11.4. The van der Waals surface area contributed by atoms with Crippen molar-refractivity contribution in [3.8, 4) is 23.0 Å². The van der Waals surface area contributed by atoms with Gasteiger partial charge in [0.15, 0.2) is 0 Å². The Hall–Kier alpha value is -4.99. The van der Waals surface area contributed by atoms with Gasteiger partial charge in [-0.3, -0.25) is 0 Å². The zero-order valence-electron chi connectivity index (χ0n) is 34.8. The van der Waals surface area contributed by atoms with Crippen LogP contribution < -0.4 is 51.1 Å². The highest BCUT2D eigenvalue weighted by Crippen LogP contribution is 2.55. The van der Waals surface area contributed by atoms with Gasteiger partial charge < -0.3 is 18.9 Å². The number of benzene rings is 6. The Morgan fingerprint density at radius 1 is 0.375 bits per heavy atom. The van der Waals surface area contributed by atoms with Crippen LogP contribution in [0.2, 0.25) is 12.6 Å². The van der Waals surface area contributed by atoms with E-state index in [4.69, 9.17) is 18.9 Å². The monoisotopic (exact) mass is 766 g/mol. The van der Waals surface area contributed by atoms with Crippen LogP contribution in [-0.2, 0) is 0 Å². The molecule has 0 spiro atoms. The molecule has 6 aromatic carbocycles. The van der Waals surface area contributed by atoms with Gasteiger partial charge >= 0.3 is 0 Å². The van der Waals surface area contributed by atoms with Gasteiger partial charge in [-0.2, -0.15) is 12.6 Å². The predicted molar refractivity (Wildman–Crippen MR) is 244 cm³/mol. The van der Waals surface area contributed by atoms with Crippen LogP contribution in [0.25, 0.3) is 0 Å². The van der Waals surface area contributed by atoms with Crippen LogP contribution in [0, 0.1) is 13.8 Å². The van der Waals surface area contributed by atoms with E-state index in [1.807, 2.05) is 48.5 Å². The lowest BCUT2D eigenvalue weighted by atomic mass is 9.15. The molecule has 0 bridgehead atoms. The first-order chi connectivity index (χ1) is 27.3. The molecule has 0 saturated heterocycles. The second kappa shape index (κ2) is 20.3. The predicted octanol–water partition coefficient (Wildman–Crippen LogP) is 9.81. The molecule has 0 aromatic heterocycles. The highest BCUT2D eigenvalue weighted by atomic mass is 31.2. The van der Waals surface area contributed by atoms with Gasteiger partial charge in [0.2, 0.25) is 0 Å². The number of unbranched alkanes of at least 4 members (excludes halogenated alkanes) is 2. The SMILES string of the molecule is CCCC[B-](CCCC)(c1ccc(C)cc1)c1ccc(C)cc1.COc1ccc([P+](c2ccc(OC)cc2)(c2ccc(OC)cc2)c2ccc(OC)cc2)cc1. The molecule has 56 heavy (non-hydrogen) atoms. The van der Waals surface area contributed by atoms with Crippen LogP contribution in [0.15, 0.2) is 146 Å². The van der Waals surface area contributed by atoms with E-state index in [0.717, 1.165) is 23.0 Å². The summed E-state index contributed by atoms with van der Waals surface area (Å²) in [5.74, 6) is 3.32. The lowest BCUT2D eigenvalue weighted by Gasteiger charge is -2.42. The Kier molecular flexibility index (Phi) is 15.3. The van der Waals surface area contributed by atoms with Crippen molar-refractivity contribution in [1.82, 2.24) is 0 Å². The third kappa shape index (κ3) is 9.51. The van der Waals surface area contributed by atoms with E-state index in [9.17, 15) is 0 Å². The fourth-order valence-corrected chi connectivity index (χ4v) is 12.3. The van der Waals surface area contributed by atoms with Crippen LogP contribution in [0.4, 0.5) is 0 Å². The van der Waals surface area contributed by atoms with Gasteiger partial charge in [-0.15, -0.1) is 0 Å². The summed E-state index contributed by atoms with van der Waals surface area (Å²) >= 11 is 0. The molecular weight excluding hydrogens is 706 g/mol. The second-order valence-electron chi connectivity index (χ2n) is 14.8. The second-order valence-corrected chi connectivity index (χ2v) is 18.2. The van der Waals surface area contributed by atoms with Crippen molar-refractivity contribution < 1.29 is 18.9 Å². The lowest BCUT2D eigenvalue weighted by Crippen LogP contribution is -2.58. The highest BCUT2D eigenvalue weighted by molar-refractivity contribution is 8.01. The Bertz CT molecular complexity index is 1790. The smallest absolute Gasteiger partial charge is 0.144 e. The molecule has 0 aliphatic rings. The lowest BCUT2D eigenvalue weighted by molar-refractivity contribution is 0.415. The number of rotatable bonds is 16. The number of hydrogen-bond donors (Lipinski definition) is 0. The first kappa shape index (κ1) is 42.2.